The predicted molar refractivity (Wildman–Crippen MR) is 79.1 cm³/mol. The number of amides is 2. The first-order valence-electron chi connectivity index (χ1n) is 7.21. The molecule has 3 rings (SSSR count). The van der Waals surface area contributed by atoms with Gasteiger partial charge in [-0.3, -0.25) is 9.59 Å². The van der Waals surface area contributed by atoms with Crippen LogP contribution >= 0.6 is 0 Å². The van der Waals surface area contributed by atoms with Gasteiger partial charge in [0.2, 0.25) is 5.91 Å². The second kappa shape index (κ2) is 6.01. The Labute approximate surface area is 128 Å². The van der Waals surface area contributed by atoms with Crippen LogP contribution in [0.2, 0.25) is 0 Å². The first-order valence-corrected chi connectivity index (χ1v) is 7.21. The van der Waals surface area contributed by atoms with Crippen LogP contribution in [0.25, 0.3) is 0 Å². The number of carbonyl (C=O) groups is 2. The van der Waals surface area contributed by atoms with Crippen LogP contribution in [0, 0.1) is 6.92 Å². The minimum Gasteiger partial charge on any atom is -0.361 e. The SMILES string of the molecule is Cc1cc(C(=O)N2CCNC(=O)C[C@H]2c2ccccc2)no1. The highest BCUT2D eigenvalue weighted by molar-refractivity contribution is 5.93. The number of hydrogen-bond acceptors (Lipinski definition) is 4. The summed E-state index contributed by atoms with van der Waals surface area (Å²) in [6.45, 7) is 2.62. The van der Waals surface area contributed by atoms with E-state index in [4.69, 9.17) is 4.52 Å². The molecule has 2 heterocycles. The van der Waals surface area contributed by atoms with Crippen molar-refractivity contribution in [3.63, 3.8) is 0 Å². The number of benzene rings is 1. The molecular weight excluding hydrogens is 282 g/mol. The normalized spacial score (nSPS) is 18.7. The fourth-order valence-electron chi connectivity index (χ4n) is 2.66. The molecule has 6 heteroatoms. The summed E-state index contributed by atoms with van der Waals surface area (Å²) in [6, 6.07) is 10.9. The quantitative estimate of drug-likeness (QED) is 0.915. The molecule has 1 saturated heterocycles. The van der Waals surface area contributed by atoms with Crippen molar-refractivity contribution >= 4 is 11.8 Å². The largest absolute Gasteiger partial charge is 0.361 e. The van der Waals surface area contributed by atoms with Crippen LogP contribution in [0.15, 0.2) is 40.9 Å². The molecule has 1 fully saturated rings. The van der Waals surface area contributed by atoms with Gasteiger partial charge < -0.3 is 14.7 Å². The predicted octanol–water partition coefficient (Wildman–Crippen LogP) is 1.69. The number of aromatic nitrogens is 1. The highest BCUT2D eigenvalue weighted by atomic mass is 16.5. The minimum atomic E-state index is -0.298. The monoisotopic (exact) mass is 299 g/mol. The summed E-state index contributed by atoms with van der Waals surface area (Å²) in [6.07, 6.45) is 0.243. The van der Waals surface area contributed by atoms with Crippen molar-refractivity contribution in [1.29, 1.82) is 0 Å². The number of rotatable bonds is 2. The Morgan fingerprint density at radius 1 is 1.36 bits per heavy atom. The lowest BCUT2D eigenvalue weighted by Crippen LogP contribution is -2.36. The van der Waals surface area contributed by atoms with E-state index in [9.17, 15) is 9.59 Å². The zero-order valence-electron chi connectivity index (χ0n) is 12.3. The number of carbonyl (C=O) groups excluding carboxylic acids is 2. The zero-order chi connectivity index (χ0) is 15.5. The number of nitrogens with zero attached hydrogens (tertiary/aromatic N) is 2. The lowest BCUT2D eigenvalue weighted by Gasteiger charge is -2.28. The van der Waals surface area contributed by atoms with E-state index in [0.717, 1.165) is 5.56 Å². The number of aryl methyl sites for hydroxylation is 1. The standard InChI is InChI=1S/C16H17N3O3/c1-11-9-13(18-22-11)16(21)19-8-7-17-15(20)10-14(19)12-5-3-2-4-6-12/h2-6,9,14H,7-8,10H2,1H3,(H,17,20)/t14-/m0/s1. The van der Waals surface area contributed by atoms with Gasteiger partial charge >= 0.3 is 0 Å². The van der Waals surface area contributed by atoms with Crippen molar-refractivity contribution < 1.29 is 14.1 Å². The van der Waals surface area contributed by atoms with Gasteiger partial charge in [-0.25, -0.2) is 0 Å². The summed E-state index contributed by atoms with van der Waals surface area (Å²) in [4.78, 5) is 26.3. The fourth-order valence-corrected chi connectivity index (χ4v) is 2.66. The molecule has 22 heavy (non-hydrogen) atoms. The fraction of sp³-hybridized carbons (Fsp3) is 0.312. The number of hydrogen-bond donors (Lipinski definition) is 1. The van der Waals surface area contributed by atoms with Crippen LogP contribution in [0.5, 0.6) is 0 Å². The molecule has 6 nitrogen and oxygen atoms in total. The molecule has 0 bridgehead atoms. The van der Waals surface area contributed by atoms with E-state index in [1.54, 1.807) is 17.9 Å². The second-order valence-corrected chi connectivity index (χ2v) is 5.30. The van der Waals surface area contributed by atoms with E-state index in [0.29, 0.717) is 18.8 Å². The summed E-state index contributed by atoms with van der Waals surface area (Å²) < 4.78 is 4.99. The van der Waals surface area contributed by atoms with E-state index in [-0.39, 0.29) is 30.0 Å². The third kappa shape index (κ3) is 2.86. The van der Waals surface area contributed by atoms with Gasteiger partial charge in [0.25, 0.3) is 5.91 Å². The first kappa shape index (κ1) is 14.3. The Kier molecular flexibility index (Phi) is 3.91. The maximum absolute atomic E-state index is 12.7. The lowest BCUT2D eigenvalue weighted by atomic mass is 10.0. The molecule has 1 aliphatic rings. The highest BCUT2D eigenvalue weighted by Crippen LogP contribution is 2.27. The summed E-state index contributed by atoms with van der Waals surface area (Å²) in [7, 11) is 0. The molecule has 1 aromatic carbocycles. The molecule has 0 aliphatic carbocycles. The smallest absolute Gasteiger partial charge is 0.276 e. The van der Waals surface area contributed by atoms with Crippen LogP contribution < -0.4 is 5.32 Å². The Hall–Kier alpha value is -2.63. The highest BCUT2D eigenvalue weighted by Gasteiger charge is 2.31. The average Bonchev–Trinajstić information content (AvgIpc) is 2.86. The van der Waals surface area contributed by atoms with Crippen molar-refractivity contribution in [3.8, 4) is 0 Å². The molecule has 1 atom stereocenters. The molecular formula is C16H17N3O3. The van der Waals surface area contributed by atoms with Gasteiger partial charge in [-0.15, -0.1) is 0 Å². The van der Waals surface area contributed by atoms with Crippen LogP contribution in [0.3, 0.4) is 0 Å². The lowest BCUT2D eigenvalue weighted by molar-refractivity contribution is -0.121. The van der Waals surface area contributed by atoms with Crippen LogP contribution in [-0.4, -0.2) is 35.0 Å². The van der Waals surface area contributed by atoms with Crippen molar-refractivity contribution in [2.45, 2.75) is 19.4 Å². The van der Waals surface area contributed by atoms with Crippen molar-refractivity contribution in [2.75, 3.05) is 13.1 Å². The minimum absolute atomic E-state index is 0.0551. The van der Waals surface area contributed by atoms with Crippen LogP contribution in [0.4, 0.5) is 0 Å². The van der Waals surface area contributed by atoms with E-state index in [2.05, 4.69) is 10.5 Å². The first-order chi connectivity index (χ1) is 10.6. The second-order valence-electron chi connectivity index (χ2n) is 5.30. The van der Waals surface area contributed by atoms with E-state index >= 15 is 0 Å². The topological polar surface area (TPSA) is 75.4 Å². The molecule has 1 N–H and O–H groups in total. The summed E-state index contributed by atoms with van der Waals surface area (Å²) in [5, 5.41) is 6.61. The van der Waals surface area contributed by atoms with E-state index in [1.165, 1.54) is 0 Å². The number of nitrogens with one attached hydrogen (secondary N) is 1. The maximum Gasteiger partial charge on any atom is 0.276 e. The Morgan fingerprint density at radius 2 is 2.14 bits per heavy atom. The molecule has 2 aromatic rings. The van der Waals surface area contributed by atoms with Crippen molar-refractivity contribution in [1.82, 2.24) is 15.4 Å². The molecule has 0 radical (unpaired) electrons. The maximum atomic E-state index is 12.7. The summed E-state index contributed by atoms with van der Waals surface area (Å²) in [5.41, 5.74) is 1.21. The molecule has 1 aliphatic heterocycles. The Morgan fingerprint density at radius 3 is 2.82 bits per heavy atom. The van der Waals surface area contributed by atoms with Gasteiger partial charge in [0.05, 0.1) is 12.5 Å². The Balaban J connectivity index is 1.94. The van der Waals surface area contributed by atoms with Crippen molar-refractivity contribution in [2.24, 2.45) is 0 Å². The molecule has 1 aromatic heterocycles. The van der Waals surface area contributed by atoms with Gasteiger partial charge in [-0.2, -0.15) is 0 Å². The summed E-state index contributed by atoms with van der Waals surface area (Å²) in [5.74, 6) is 0.311. The molecule has 2 amide bonds. The third-order valence-corrected chi connectivity index (χ3v) is 3.72. The zero-order valence-corrected chi connectivity index (χ0v) is 12.3. The van der Waals surface area contributed by atoms with Gasteiger partial charge in [-0.1, -0.05) is 35.5 Å². The molecule has 0 saturated carbocycles. The van der Waals surface area contributed by atoms with E-state index < -0.39 is 0 Å². The van der Waals surface area contributed by atoms with Gasteiger partial charge in [0, 0.05) is 19.2 Å². The average molecular weight is 299 g/mol. The van der Waals surface area contributed by atoms with Crippen LogP contribution in [-0.2, 0) is 4.79 Å². The van der Waals surface area contributed by atoms with E-state index in [1.807, 2.05) is 30.3 Å². The molecule has 114 valence electrons. The van der Waals surface area contributed by atoms with Gasteiger partial charge in [0.15, 0.2) is 5.69 Å². The molecule has 0 spiro atoms. The van der Waals surface area contributed by atoms with Gasteiger partial charge in [0.1, 0.15) is 5.76 Å². The van der Waals surface area contributed by atoms with Crippen LogP contribution in [0.1, 0.15) is 34.3 Å². The molecule has 0 unspecified atom stereocenters. The van der Waals surface area contributed by atoms with Gasteiger partial charge in [-0.05, 0) is 12.5 Å². The Bertz CT molecular complexity index is 681. The van der Waals surface area contributed by atoms with Crippen molar-refractivity contribution in [3.05, 3.63) is 53.4 Å². The summed E-state index contributed by atoms with van der Waals surface area (Å²) >= 11 is 0. The third-order valence-electron chi connectivity index (χ3n) is 3.72.